The first kappa shape index (κ1) is 13.1. The third-order valence-electron chi connectivity index (χ3n) is 1.79. The van der Waals surface area contributed by atoms with Crippen LogP contribution in [0.5, 0.6) is 0 Å². The number of sulfonamides is 1. The Labute approximate surface area is 108 Å². The molecule has 0 aliphatic rings. The van der Waals surface area contributed by atoms with E-state index >= 15 is 0 Å². The van der Waals surface area contributed by atoms with Crippen molar-refractivity contribution in [2.24, 2.45) is 0 Å². The van der Waals surface area contributed by atoms with Crippen LogP contribution >= 0.6 is 34.2 Å². The molecule has 84 valence electrons. The fraction of sp³-hybridized carbons (Fsp3) is 0.333. The van der Waals surface area contributed by atoms with Crippen molar-refractivity contribution in [3.8, 4) is 0 Å². The summed E-state index contributed by atoms with van der Waals surface area (Å²) >= 11 is 7.55. The zero-order chi connectivity index (χ0) is 11.5. The van der Waals surface area contributed by atoms with Crippen molar-refractivity contribution < 1.29 is 8.42 Å². The van der Waals surface area contributed by atoms with Gasteiger partial charge in [0.25, 0.3) is 0 Å². The molecule has 0 heterocycles. The summed E-state index contributed by atoms with van der Waals surface area (Å²) in [5, 5.41) is 0. The monoisotopic (exact) mass is 359 g/mol. The molecule has 0 aliphatic carbocycles. The molecule has 0 saturated heterocycles. The number of hydrogen-bond donors (Lipinski definition) is 1. The molecule has 6 heteroatoms. The quantitative estimate of drug-likeness (QED) is 0.663. The predicted octanol–water partition coefficient (Wildman–Crippen LogP) is 2.58. The molecule has 0 aliphatic heterocycles. The van der Waals surface area contributed by atoms with Crippen LogP contribution in [-0.2, 0) is 10.0 Å². The molecule has 1 aromatic carbocycles. The zero-order valence-electron chi connectivity index (χ0n) is 8.13. The number of rotatable bonds is 4. The summed E-state index contributed by atoms with van der Waals surface area (Å²) in [6.45, 7) is 1.97. The van der Waals surface area contributed by atoms with Crippen LogP contribution in [0, 0.1) is 10.5 Å². The Morgan fingerprint density at radius 2 is 2.13 bits per heavy atom. The Morgan fingerprint density at radius 1 is 1.47 bits per heavy atom. The molecule has 0 spiro atoms. The maximum absolute atomic E-state index is 11.4. The molecule has 0 amide bonds. The lowest BCUT2D eigenvalue weighted by molar-refractivity contribution is 0.602. The molecular formula is C9H11ClINO2S. The second kappa shape index (κ2) is 5.36. The van der Waals surface area contributed by atoms with Gasteiger partial charge < -0.3 is 0 Å². The number of halogens is 2. The largest absolute Gasteiger partial charge is 0.283 e. The number of aryl methyl sites for hydroxylation is 1. The van der Waals surface area contributed by atoms with Crippen molar-refractivity contribution in [1.29, 1.82) is 0 Å². The van der Waals surface area contributed by atoms with Gasteiger partial charge in [0, 0.05) is 15.1 Å². The van der Waals surface area contributed by atoms with Gasteiger partial charge >= 0.3 is 0 Å². The Bertz CT molecular complexity index is 447. The van der Waals surface area contributed by atoms with E-state index in [1.165, 1.54) is 0 Å². The Morgan fingerprint density at radius 3 is 2.67 bits per heavy atom. The molecule has 0 unspecified atom stereocenters. The van der Waals surface area contributed by atoms with Gasteiger partial charge in [-0.2, -0.15) is 0 Å². The lowest BCUT2D eigenvalue weighted by Crippen LogP contribution is -2.17. The molecular weight excluding hydrogens is 349 g/mol. The molecule has 0 saturated carbocycles. The summed E-state index contributed by atoms with van der Waals surface area (Å²) in [5.41, 5.74) is 1.70. The first-order valence-electron chi connectivity index (χ1n) is 4.27. The van der Waals surface area contributed by atoms with Crippen molar-refractivity contribution in [2.45, 2.75) is 6.92 Å². The summed E-state index contributed by atoms with van der Waals surface area (Å²) in [4.78, 5) is 0. The maximum atomic E-state index is 11.4. The first-order valence-corrected chi connectivity index (χ1v) is 7.54. The number of alkyl halides is 1. The van der Waals surface area contributed by atoms with Crippen LogP contribution in [0.1, 0.15) is 5.56 Å². The Balaban J connectivity index is 2.86. The summed E-state index contributed by atoms with van der Waals surface area (Å²) in [5.74, 6) is 0.0251. The highest BCUT2D eigenvalue weighted by atomic mass is 127. The minimum Gasteiger partial charge on any atom is -0.283 e. The highest BCUT2D eigenvalue weighted by molar-refractivity contribution is 14.1. The summed E-state index contributed by atoms with van der Waals surface area (Å²) < 4.78 is 26.3. The van der Waals surface area contributed by atoms with Crippen molar-refractivity contribution in [3.05, 3.63) is 27.3 Å². The van der Waals surface area contributed by atoms with Crippen molar-refractivity contribution in [3.63, 3.8) is 0 Å². The van der Waals surface area contributed by atoms with Gasteiger partial charge in [-0.15, -0.1) is 11.6 Å². The van der Waals surface area contributed by atoms with Crippen LogP contribution in [0.15, 0.2) is 18.2 Å². The minimum absolute atomic E-state index is 0.0704. The van der Waals surface area contributed by atoms with E-state index in [4.69, 9.17) is 11.6 Å². The molecule has 0 bridgehead atoms. The highest BCUT2D eigenvalue weighted by Gasteiger charge is 2.09. The van der Waals surface area contributed by atoms with E-state index in [-0.39, 0.29) is 11.6 Å². The molecule has 0 aromatic heterocycles. The average molecular weight is 360 g/mol. The van der Waals surface area contributed by atoms with E-state index < -0.39 is 10.0 Å². The van der Waals surface area contributed by atoms with Crippen LogP contribution in [0.2, 0.25) is 0 Å². The summed E-state index contributed by atoms with van der Waals surface area (Å²) in [6.07, 6.45) is 0. The van der Waals surface area contributed by atoms with E-state index in [1.54, 1.807) is 12.1 Å². The fourth-order valence-corrected chi connectivity index (χ4v) is 2.90. The van der Waals surface area contributed by atoms with Crippen molar-refractivity contribution >= 4 is 49.9 Å². The number of hydrogen-bond acceptors (Lipinski definition) is 2. The van der Waals surface area contributed by atoms with Gasteiger partial charge in [-0.1, -0.05) is 6.07 Å². The van der Waals surface area contributed by atoms with Gasteiger partial charge in [0.2, 0.25) is 10.0 Å². The standard InChI is InChI=1S/C9H11ClINO2S/c1-7-2-3-8(6-9(7)11)12-15(13,14)5-4-10/h2-3,6,12H,4-5H2,1H3. The SMILES string of the molecule is Cc1ccc(NS(=O)(=O)CCCl)cc1I. The molecule has 1 rings (SSSR count). The van der Waals surface area contributed by atoms with Crippen molar-refractivity contribution in [2.75, 3.05) is 16.4 Å². The smallest absolute Gasteiger partial charge is 0.233 e. The minimum atomic E-state index is -3.30. The second-order valence-corrected chi connectivity index (χ2v) is 6.46. The first-order chi connectivity index (χ1) is 6.94. The molecule has 0 fully saturated rings. The normalized spacial score (nSPS) is 11.4. The summed E-state index contributed by atoms with van der Waals surface area (Å²) in [7, 11) is -3.30. The van der Waals surface area contributed by atoms with E-state index in [2.05, 4.69) is 27.3 Å². The van der Waals surface area contributed by atoms with Gasteiger partial charge in [-0.3, -0.25) is 4.72 Å². The average Bonchev–Trinajstić information content (AvgIpc) is 2.10. The Hall–Kier alpha value is -0.0100. The predicted molar refractivity (Wildman–Crippen MR) is 72.0 cm³/mol. The van der Waals surface area contributed by atoms with E-state index in [0.29, 0.717) is 5.69 Å². The Kier molecular flexibility index (Phi) is 4.66. The van der Waals surface area contributed by atoms with Gasteiger partial charge in [0.1, 0.15) is 0 Å². The van der Waals surface area contributed by atoms with Crippen LogP contribution in [0.4, 0.5) is 5.69 Å². The van der Waals surface area contributed by atoms with Gasteiger partial charge in [-0.25, -0.2) is 8.42 Å². The molecule has 3 nitrogen and oxygen atoms in total. The molecule has 0 atom stereocenters. The zero-order valence-corrected chi connectivity index (χ0v) is 11.9. The van der Waals surface area contributed by atoms with Crippen molar-refractivity contribution in [1.82, 2.24) is 0 Å². The molecule has 1 N–H and O–H groups in total. The number of benzene rings is 1. The van der Waals surface area contributed by atoms with Crippen LogP contribution in [0.3, 0.4) is 0 Å². The summed E-state index contributed by atoms with van der Waals surface area (Å²) in [6, 6.07) is 5.41. The third kappa shape index (κ3) is 4.16. The lowest BCUT2D eigenvalue weighted by atomic mass is 10.2. The third-order valence-corrected chi connectivity index (χ3v) is 4.65. The van der Waals surface area contributed by atoms with Gasteiger partial charge in [0.15, 0.2) is 0 Å². The second-order valence-electron chi connectivity index (χ2n) is 3.07. The van der Waals surface area contributed by atoms with E-state index in [1.807, 2.05) is 13.0 Å². The maximum Gasteiger partial charge on any atom is 0.233 e. The van der Waals surface area contributed by atoms with Crippen LogP contribution in [-0.4, -0.2) is 20.1 Å². The molecule has 1 aromatic rings. The van der Waals surface area contributed by atoms with Gasteiger partial charge in [0.05, 0.1) is 5.75 Å². The topological polar surface area (TPSA) is 46.2 Å². The van der Waals surface area contributed by atoms with E-state index in [9.17, 15) is 8.42 Å². The number of nitrogens with one attached hydrogen (secondary N) is 1. The highest BCUT2D eigenvalue weighted by Crippen LogP contribution is 2.18. The fourth-order valence-electron chi connectivity index (χ4n) is 0.989. The van der Waals surface area contributed by atoms with Gasteiger partial charge in [-0.05, 0) is 47.2 Å². The van der Waals surface area contributed by atoms with E-state index in [0.717, 1.165) is 9.13 Å². The molecule has 15 heavy (non-hydrogen) atoms. The molecule has 0 radical (unpaired) electrons. The number of anilines is 1. The lowest BCUT2D eigenvalue weighted by Gasteiger charge is -2.07. The van der Waals surface area contributed by atoms with Crippen LogP contribution in [0.25, 0.3) is 0 Å². The van der Waals surface area contributed by atoms with Crippen LogP contribution < -0.4 is 4.72 Å².